The molecule has 1 aliphatic rings. The molecule has 5 nitrogen and oxygen atoms in total. The van der Waals surface area contributed by atoms with E-state index < -0.39 is 6.04 Å². The van der Waals surface area contributed by atoms with Crippen LogP contribution in [0.5, 0.6) is 5.75 Å². The van der Waals surface area contributed by atoms with Gasteiger partial charge in [-0.05, 0) is 31.2 Å². The summed E-state index contributed by atoms with van der Waals surface area (Å²) in [6.07, 6.45) is 0.269. The van der Waals surface area contributed by atoms with Crippen LogP contribution in [0.3, 0.4) is 0 Å². The van der Waals surface area contributed by atoms with Gasteiger partial charge in [0.05, 0.1) is 6.54 Å². The molecule has 3 rings (SSSR count). The smallest absolute Gasteiger partial charge is 0.254 e. The van der Waals surface area contributed by atoms with Gasteiger partial charge in [0.1, 0.15) is 17.9 Å². The molecule has 2 amide bonds. The van der Waals surface area contributed by atoms with Crippen LogP contribution in [0, 0.1) is 6.92 Å². The lowest BCUT2D eigenvalue weighted by Gasteiger charge is -2.23. The highest BCUT2D eigenvalue weighted by atomic mass is 16.5. The maximum Gasteiger partial charge on any atom is 0.254 e. The van der Waals surface area contributed by atoms with Gasteiger partial charge in [-0.2, -0.15) is 0 Å². The van der Waals surface area contributed by atoms with E-state index in [1.54, 1.807) is 18.0 Å². The summed E-state index contributed by atoms with van der Waals surface area (Å²) in [5, 5.41) is 2.65. The number of nitrogens with zero attached hydrogens (tertiary/aromatic N) is 1. The number of para-hydroxylation sites is 1. The first kappa shape index (κ1) is 17.0. The highest BCUT2D eigenvalue weighted by molar-refractivity contribution is 5.98. The first-order chi connectivity index (χ1) is 12.1. The molecule has 2 atom stereocenters. The summed E-state index contributed by atoms with van der Waals surface area (Å²) in [7, 11) is 1.59. The van der Waals surface area contributed by atoms with Crippen molar-refractivity contribution in [3.8, 4) is 5.75 Å². The molecule has 0 unspecified atom stereocenters. The number of hydrogen-bond donors (Lipinski definition) is 1. The van der Waals surface area contributed by atoms with Crippen LogP contribution in [-0.2, 0) is 4.79 Å². The minimum Gasteiger partial charge on any atom is -0.488 e. The fourth-order valence-electron chi connectivity index (χ4n) is 3.16. The molecule has 0 bridgehead atoms. The predicted molar refractivity (Wildman–Crippen MR) is 95.5 cm³/mol. The SMILES string of the molecule is CNC(=O)[C@H]1C[C@H](Oc2ccccc2)CN1C(=O)c1cccc(C)c1. The maximum atomic E-state index is 12.9. The van der Waals surface area contributed by atoms with E-state index in [9.17, 15) is 9.59 Å². The Morgan fingerprint density at radius 1 is 1.12 bits per heavy atom. The van der Waals surface area contributed by atoms with Gasteiger partial charge in [-0.3, -0.25) is 9.59 Å². The fourth-order valence-corrected chi connectivity index (χ4v) is 3.16. The molecule has 1 N–H and O–H groups in total. The third-order valence-electron chi connectivity index (χ3n) is 4.38. The molecule has 5 heteroatoms. The number of nitrogens with one attached hydrogen (secondary N) is 1. The number of amides is 2. The van der Waals surface area contributed by atoms with Crippen LogP contribution in [0.25, 0.3) is 0 Å². The molecule has 0 radical (unpaired) electrons. The molecule has 1 aliphatic heterocycles. The van der Waals surface area contributed by atoms with Gasteiger partial charge in [0, 0.05) is 19.0 Å². The van der Waals surface area contributed by atoms with Crippen molar-refractivity contribution < 1.29 is 14.3 Å². The van der Waals surface area contributed by atoms with E-state index in [4.69, 9.17) is 4.74 Å². The minimum absolute atomic E-state index is 0.142. The number of carbonyl (C=O) groups excluding carboxylic acids is 2. The van der Waals surface area contributed by atoms with Crippen LogP contribution in [0.2, 0.25) is 0 Å². The lowest BCUT2D eigenvalue weighted by Crippen LogP contribution is -2.45. The molecular weight excluding hydrogens is 316 g/mol. The molecule has 1 fully saturated rings. The first-order valence-electron chi connectivity index (χ1n) is 8.39. The van der Waals surface area contributed by atoms with E-state index in [1.165, 1.54) is 0 Å². The molecule has 0 aromatic heterocycles. The van der Waals surface area contributed by atoms with E-state index >= 15 is 0 Å². The quantitative estimate of drug-likeness (QED) is 0.931. The van der Waals surface area contributed by atoms with Crippen molar-refractivity contribution in [1.29, 1.82) is 0 Å². The molecule has 2 aromatic rings. The van der Waals surface area contributed by atoms with Crippen LogP contribution >= 0.6 is 0 Å². The third kappa shape index (κ3) is 3.82. The predicted octanol–water partition coefficient (Wildman–Crippen LogP) is 2.40. The van der Waals surface area contributed by atoms with Crippen molar-refractivity contribution in [2.24, 2.45) is 0 Å². The number of carbonyl (C=O) groups is 2. The Labute approximate surface area is 147 Å². The Morgan fingerprint density at radius 2 is 1.88 bits per heavy atom. The van der Waals surface area contributed by atoms with Crippen LogP contribution in [0.15, 0.2) is 54.6 Å². The molecular formula is C20H22N2O3. The summed E-state index contributed by atoms with van der Waals surface area (Å²) >= 11 is 0. The summed E-state index contributed by atoms with van der Waals surface area (Å²) in [5.74, 6) is 0.435. The van der Waals surface area contributed by atoms with E-state index in [0.717, 1.165) is 11.3 Å². The Hall–Kier alpha value is -2.82. The molecule has 2 aromatic carbocycles. The standard InChI is InChI=1S/C20H22N2O3/c1-14-7-6-8-15(11-14)20(24)22-13-17(12-18(22)19(23)21-2)25-16-9-4-3-5-10-16/h3-11,17-18H,12-13H2,1-2H3,(H,21,23)/t17-,18+/m0/s1. The Balaban J connectivity index is 1.80. The molecule has 130 valence electrons. The van der Waals surface area contributed by atoms with Gasteiger partial charge >= 0.3 is 0 Å². The van der Waals surface area contributed by atoms with Crippen LogP contribution < -0.4 is 10.1 Å². The second-order valence-electron chi connectivity index (χ2n) is 6.25. The van der Waals surface area contributed by atoms with Gasteiger partial charge < -0.3 is 15.0 Å². The average molecular weight is 338 g/mol. The van der Waals surface area contributed by atoms with Crippen LogP contribution in [0.4, 0.5) is 0 Å². The van der Waals surface area contributed by atoms with Crippen molar-refractivity contribution in [3.63, 3.8) is 0 Å². The van der Waals surface area contributed by atoms with Gasteiger partial charge in [0.25, 0.3) is 5.91 Å². The number of aryl methyl sites for hydroxylation is 1. The van der Waals surface area contributed by atoms with Crippen LogP contribution in [0.1, 0.15) is 22.3 Å². The molecule has 1 saturated heterocycles. The van der Waals surface area contributed by atoms with Crippen molar-refractivity contribution >= 4 is 11.8 Å². The summed E-state index contributed by atoms with van der Waals surface area (Å²) in [6.45, 7) is 2.33. The third-order valence-corrected chi connectivity index (χ3v) is 4.38. The molecule has 0 spiro atoms. The Morgan fingerprint density at radius 3 is 2.56 bits per heavy atom. The topological polar surface area (TPSA) is 58.6 Å². The first-order valence-corrected chi connectivity index (χ1v) is 8.39. The van der Waals surface area contributed by atoms with E-state index in [-0.39, 0.29) is 17.9 Å². The fraction of sp³-hybridized carbons (Fsp3) is 0.300. The molecule has 0 saturated carbocycles. The van der Waals surface area contributed by atoms with Gasteiger partial charge in [-0.15, -0.1) is 0 Å². The Bertz CT molecular complexity index is 761. The number of rotatable bonds is 4. The maximum absolute atomic E-state index is 12.9. The number of benzene rings is 2. The largest absolute Gasteiger partial charge is 0.488 e. The summed E-state index contributed by atoms with van der Waals surface area (Å²) in [5.41, 5.74) is 1.60. The highest BCUT2D eigenvalue weighted by Crippen LogP contribution is 2.25. The van der Waals surface area contributed by atoms with Crippen molar-refractivity contribution in [3.05, 3.63) is 65.7 Å². The average Bonchev–Trinajstić information content (AvgIpc) is 3.05. The zero-order valence-corrected chi connectivity index (χ0v) is 14.4. The summed E-state index contributed by atoms with van der Waals surface area (Å²) < 4.78 is 5.97. The van der Waals surface area contributed by atoms with Gasteiger partial charge in [0.15, 0.2) is 0 Å². The normalized spacial score (nSPS) is 19.5. The van der Waals surface area contributed by atoms with Crippen LogP contribution in [-0.4, -0.2) is 42.5 Å². The minimum atomic E-state index is -0.522. The summed E-state index contributed by atoms with van der Waals surface area (Å²) in [6, 6.07) is 16.4. The van der Waals surface area contributed by atoms with Gasteiger partial charge in [-0.25, -0.2) is 0 Å². The molecule has 1 heterocycles. The monoisotopic (exact) mass is 338 g/mol. The van der Waals surface area contributed by atoms with Crippen molar-refractivity contribution in [2.45, 2.75) is 25.5 Å². The highest BCUT2D eigenvalue weighted by Gasteiger charge is 2.40. The van der Waals surface area contributed by atoms with Gasteiger partial charge in [-0.1, -0.05) is 35.9 Å². The van der Waals surface area contributed by atoms with E-state index in [0.29, 0.717) is 18.5 Å². The number of likely N-dealkylation sites (tertiary alicyclic amines) is 1. The zero-order chi connectivity index (χ0) is 17.8. The molecule has 0 aliphatic carbocycles. The molecule has 25 heavy (non-hydrogen) atoms. The Kier molecular flexibility index (Phi) is 5.03. The van der Waals surface area contributed by atoms with E-state index in [2.05, 4.69) is 5.32 Å². The number of ether oxygens (including phenoxy) is 1. The van der Waals surface area contributed by atoms with Gasteiger partial charge in [0.2, 0.25) is 5.91 Å². The second-order valence-corrected chi connectivity index (χ2v) is 6.25. The summed E-state index contributed by atoms with van der Waals surface area (Å²) in [4.78, 5) is 26.8. The zero-order valence-electron chi connectivity index (χ0n) is 14.4. The van der Waals surface area contributed by atoms with Crippen molar-refractivity contribution in [2.75, 3.05) is 13.6 Å². The number of likely N-dealkylation sites (N-methyl/N-ethyl adjacent to an activating group) is 1. The lowest BCUT2D eigenvalue weighted by molar-refractivity contribution is -0.124. The van der Waals surface area contributed by atoms with E-state index in [1.807, 2.05) is 55.5 Å². The second kappa shape index (κ2) is 7.38. The lowest BCUT2D eigenvalue weighted by atomic mass is 10.1. The number of hydrogen-bond acceptors (Lipinski definition) is 3. The van der Waals surface area contributed by atoms with Crippen molar-refractivity contribution in [1.82, 2.24) is 10.2 Å².